The highest BCUT2D eigenvalue weighted by Gasteiger charge is 2.11. The Hall–Kier alpha value is -1.00. The predicted molar refractivity (Wildman–Crippen MR) is 73.2 cm³/mol. The first-order valence-electron chi connectivity index (χ1n) is 7.14. The molecule has 1 aliphatic rings. The lowest BCUT2D eigenvalue weighted by Crippen LogP contribution is -2.36. The van der Waals surface area contributed by atoms with Crippen molar-refractivity contribution in [1.29, 1.82) is 0 Å². The third kappa shape index (κ3) is 4.88. The van der Waals surface area contributed by atoms with E-state index in [1.165, 1.54) is 31.4 Å². The van der Waals surface area contributed by atoms with Crippen molar-refractivity contribution in [2.75, 3.05) is 19.6 Å². The second-order valence-electron chi connectivity index (χ2n) is 5.17. The number of rotatable bonds is 6. The number of halogens is 2. The maximum Gasteiger partial charge on any atom is 0.126 e. The van der Waals surface area contributed by atoms with Crippen LogP contribution in [-0.2, 0) is 6.42 Å². The molecular formula is C15H22F2N2. The Kier molecular flexibility index (Phi) is 5.73. The number of hydrogen-bond acceptors (Lipinski definition) is 2. The van der Waals surface area contributed by atoms with Gasteiger partial charge in [-0.1, -0.05) is 6.42 Å². The molecule has 0 saturated carbocycles. The molecule has 1 aromatic carbocycles. The molecule has 0 aromatic heterocycles. The van der Waals surface area contributed by atoms with Gasteiger partial charge >= 0.3 is 0 Å². The molecule has 0 aliphatic carbocycles. The summed E-state index contributed by atoms with van der Waals surface area (Å²) in [5.74, 6) is -0.694. The van der Waals surface area contributed by atoms with E-state index in [0.717, 1.165) is 25.6 Å². The molecule has 1 saturated heterocycles. The Bertz CT molecular complexity index is 390. The Morgan fingerprint density at radius 1 is 1.21 bits per heavy atom. The van der Waals surface area contributed by atoms with Crippen LogP contribution in [0.3, 0.4) is 0 Å². The zero-order valence-corrected chi connectivity index (χ0v) is 11.2. The summed E-state index contributed by atoms with van der Waals surface area (Å²) in [6.45, 7) is 2.74. The van der Waals surface area contributed by atoms with Gasteiger partial charge < -0.3 is 10.6 Å². The lowest BCUT2D eigenvalue weighted by molar-refractivity contribution is 0.376. The third-order valence-corrected chi connectivity index (χ3v) is 3.66. The zero-order valence-electron chi connectivity index (χ0n) is 11.2. The minimum absolute atomic E-state index is 0.322. The summed E-state index contributed by atoms with van der Waals surface area (Å²) in [6.07, 6.45) is 5.47. The van der Waals surface area contributed by atoms with Crippen LogP contribution in [0.1, 0.15) is 31.2 Å². The average molecular weight is 268 g/mol. The fourth-order valence-electron chi connectivity index (χ4n) is 2.53. The van der Waals surface area contributed by atoms with E-state index in [4.69, 9.17) is 0 Å². The molecule has 1 heterocycles. The number of benzene rings is 1. The van der Waals surface area contributed by atoms with Crippen LogP contribution in [0.4, 0.5) is 8.78 Å². The third-order valence-electron chi connectivity index (χ3n) is 3.66. The largest absolute Gasteiger partial charge is 0.316 e. The van der Waals surface area contributed by atoms with Gasteiger partial charge in [0.05, 0.1) is 0 Å². The minimum atomic E-state index is -0.372. The van der Waals surface area contributed by atoms with E-state index in [1.807, 2.05) is 0 Å². The highest BCUT2D eigenvalue weighted by molar-refractivity contribution is 5.18. The molecule has 0 spiro atoms. The van der Waals surface area contributed by atoms with Crippen LogP contribution in [0.25, 0.3) is 0 Å². The fourth-order valence-corrected chi connectivity index (χ4v) is 2.53. The van der Waals surface area contributed by atoms with Crippen LogP contribution in [0, 0.1) is 11.6 Å². The lowest BCUT2D eigenvalue weighted by Gasteiger charge is -2.23. The van der Waals surface area contributed by atoms with Gasteiger partial charge in [-0.05, 0) is 69.1 Å². The monoisotopic (exact) mass is 268 g/mol. The van der Waals surface area contributed by atoms with Gasteiger partial charge in [-0.2, -0.15) is 0 Å². The minimum Gasteiger partial charge on any atom is -0.316 e. The summed E-state index contributed by atoms with van der Waals surface area (Å²) in [4.78, 5) is 0. The maximum absolute atomic E-state index is 13.4. The standard InChI is InChI=1S/C15H22F2N2/c16-13-4-5-15(17)12(11-13)6-9-18-10-7-14-3-1-2-8-19-14/h4-5,11,14,18-19H,1-3,6-10H2. The average Bonchev–Trinajstić information content (AvgIpc) is 2.43. The summed E-state index contributed by atoms with van der Waals surface area (Å²) < 4.78 is 26.3. The molecule has 4 heteroatoms. The number of hydrogen-bond donors (Lipinski definition) is 2. The van der Waals surface area contributed by atoms with Gasteiger partial charge in [-0.25, -0.2) is 8.78 Å². The first-order chi connectivity index (χ1) is 9.25. The molecule has 1 atom stereocenters. The van der Waals surface area contributed by atoms with E-state index in [-0.39, 0.29) is 11.6 Å². The second-order valence-corrected chi connectivity index (χ2v) is 5.17. The summed E-state index contributed by atoms with van der Waals surface area (Å²) in [5.41, 5.74) is 0.447. The van der Waals surface area contributed by atoms with Gasteiger partial charge in [0.2, 0.25) is 0 Å². The summed E-state index contributed by atoms with van der Waals surface area (Å²) in [6, 6.07) is 4.24. The van der Waals surface area contributed by atoms with Crippen molar-refractivity contribution in [2.24, 2.45) is 0 Å². The van der Waals surface area contributed by atoms with Crippen molar-refractivity contribution in [3.8, 4) is 0 Å². The topological polar surface area (TPSA) is 24.1 Å². The lowest BCUT2D eigenvalue weighted by atomic mass is 10.0. The van der Waals surface area contributed by atoms with Gasteiger partial charge in [0.15, 0.2) is 0 Å². The highest BCUT2D eigenvalue weighted by atomic mass is 19.1. The van der Waals surface area contributed by atoms with Crippen molar-refractivity contribution in [2.45, 2.75) is 38.1 Å². The summed E-state index contributed by atoms with van der Waals surface area (Å²) in [7, 11) is 0. The molecule has 106 valence electrons. The smallest absolute Gasteiger partial charge is 0.126 e. The van der Waals surface area contributed by atoms with Gasteiger partial charge in [0.25, 0.3) is 0 Å². The molecule has 2 N–H and O–H groups in total. The number of nitrogens with one attached hydrogen (secondary N) is 2. The van der Waals surface area contributed by atoms with Crippen molar-refractivity contribution >= 4 is 0 Å². The molecule has 2 rings (SSSR count). The summed E-state index contributed by atoms with van der Waals surface area (Å²) >= 11 is 0. The van der Waals surface area contributed by atoms with Gasteiger partial charge in [-0.15, -0.1) is 0 Å². The van der Waals surface area contributed by atoms with Gasteiger partial charge in [-0.3, -0.25) is 0 Å². The van der Waals surface area contributed by atoms with Crippen LogP contribution < -0.4 is 10.6 Å². The molecule has 1 aromatic rings. The van der Waals surface area contributed by atoms with E-state index in [2.05, 4.69) is 10.6 Å². The molecule has 1 unspecified atom stereocenters. The van der Waals surface area contributed by atoms with E-state index in [1.54, 1.807) is 0 Å². The Balaban J connectivity index is 1.62. The molecular weight excluding hydrogens is 246 g/mol. The van der Waals surface area contributed by atoms with E-state index < -0.39 is 0 Å². The maximum atomic E-state index is 13.4. The first kappa shape index (κ1) is 14.4. The molecule has 1 fully saturated rings. The predicted octanol–water partition coefficient (Wildman–Crippen LogP) is 2.63. The number of piperidine rings is 1. The van der Waals surface area contributed by atoms with Crippen molar-refractivity contribution < 1.29 is 8.78 Å². The Morgan fingerprint density at radius 3 is 2.89 bits per heavy atom. The van der Waals surface area contributed by atoms with Crippen molar-refractivity contribution in [3.05, 3.63) is 35.4 Å². The highest BCUT2D eigenvalue weighted by Crippen LogP contribution is 2.10. The molecule has 2 nitrogen and oxygen atoms in total. The van der Waals surface area contributed by atoms with Crippen molar-refractivity contribution in [1.82, 2.24) is 10.6 Å². The molecule has 0 radical (unpaired) electrons. The first-order valence-corrected chi connectivity index (χ1v) is 7.14. The second kappa shape index (κ2) is 7.56. The van der Waals surface area contributed by atoms with Crippen LogP contribution in [0.2, 0.25) is 0 Å². The molecule has 0 bridgehead atoms. The SMILES string of the molecule is Fc1ccc(F)c(CCNCCC2CCCCN2)c1. The van der Waals surface area contributed by atoms with Gasteiger partial charge in [0, 0.05) is 6.04 Å². The fraction of sp³-hybridized carbons (Fsp3) is 0.600. The van der Waals surface area contributed by atoms with E-state index >= 15 is 0 Å². The van der Waals surface area contributed by atoms with E-state index in [9.17, 15) is 8.78 Å². The van der Waals surface area contributed by atoms with Crippen LogP contribution in [0.15, 0.2) is 18.2 Å². The van der Waals surface area contributed by atoms with E-state index in [0.29, 0.717) is 24.6 Å². The summed E-state index contributed by atoms with van der Waals surface area (Å²) in [5, 5.41) is 6.79. The van der Waals surface area contributed by atoms with Gasteiger partial charge in [0.1, 0.15) is 11.6 Å². The van der Waals surface area contributed by atoms with Crippen molar-refractivity contribution in [3.63, 3.8) is 0 Å². The molecule has 1 aliphatic heterocycles. The quantitative estimate of drug-likeness (QED) is 0.775. The Labute approximate surface area is 113 Å². The zero-order chi connectivity index (χ0) is 13.5. The van der Waals surface area contributed by atoms with Crippen LogP contribution in [-0.4, -0.2) is 25.7 Å². The molecule has 19 heavy (non-hydrogen) atoms. The normalized spacial score (nSPS) is 19.6. The molecule has 0 amide bonds. The Morgan fingerprint density at radius 2 is 2.11 bits per heavy atom. The van der Waals surface area contributed by atoms with Crippen LogP contribution >= 0.6 is 0 Å². The van der Waals surface area contributed by atoms with Crippen LogP contribution in [0.5, 0.6) is 0 Å².